The van der Waals surface area contributed by atoms with Gasteiger partial charge in [0.15, 0.2) is 11.6 Å². The van der Waals surface area contributed by atoms with Crippen LogP contribution in [-0.4, -0.2) is 57.3 Å². The van der Waals surface area contributed by atoms with Crippen molar-refractivity contribution < 1.29 is 34.4 Å². The highest BCUT2D eigenvalue weighted by molar-refractivity contribution is 5.92. The van der Waals surface area contributed by atoms with Crippen LogP contribution in [-0.2, 0) is 19.1 Å². The number of hydrogen-bond acceptors (Lipinski definition) is 7. The van der Waals surface area contributed by atoms with Gasteiger partial charge in [0.25, 0.3) is 0 Å². The molecule has 3 fully saturated rings. The summed E-state index contributed by atoms with van der Waals surface area (Å²) in [6, 6.07) is 0. The molecule has 8 atom stereocenters. The van der Waals surface area contributed by atoms with Gasteiger partial charge in [-0.05, 0) is 50.0 Å². The topological polar surface area (TPSA) is 121 Å². The second kappa shape index (κ2) is 7.49. The molecule has 31 heavy (non-hydrogen) atoms. The molecule has 0 amide bonds. The van der Waals surface area contributed by atoms with Crippen LogP contribution in [0.4, 0.5) is 0 Å². The van der Waals surface area contributed by atoms with Gasteiger partial charge in [0, 0.05) is 29.6 Å². The number of Topliss-reactive ketones (excluding diaryl/α,β-unsaturated/α-hetero) is 1. The molecule has 1 unspecified atom stereocenters. The van der Waals surface area contributed by atoms with Crippen molar-refractivity contribution in [2.24, 2.45) is 28.6 Å². The Balaban J connectivity index is 1.75. The van der Waals surface area contributed by atoms with Gasteiger partial charge in [-0.3, -0.25) is 14.4 Å². The lowest BCUT2D eigenvalue weighted by Gasteiger charge is -2.61. The number of carbonyl (C=O) groups is 3. The monoisotopic (exact) mass is 434 g/mol. The Morgan fingerprint density at radius 2 is 1.97 bits per heavy atom. The molecular formula is C24H34O7. The molecule has 3 saturated carbocycles. The molecule has 7 nitrogen and oxygen atoms in total. The largest absolute Gasteiger partial charge is 0.461 e. The van der Waals surface area contributed by atoms with Crippen LogP contribution in [0.25, 0.3) is 0 Å². The average molecular weight is 435 g/mol. The Morgan fingerprint density at radius 1 is 1.26 bits per heavy atom. The van der Waals surface area contributed by atoms with E-state index in [9.17, 15) is 29.7 Å². The predicted molar refractivity (Wildman–Crippen MR) is 111 cm³/mol. The zero-order valence-corrected chi connectivity index (χ0v) is 18.6. The van der Waals surface area contributed by atoms with Crippen molar-refractivity contribution >= 4 is 17.5 Å². The normalized spacial score (nSPS) is 46.5. The van der Waals surface area contributed by atoms with Crippen LogP contribution < -0.4 is 0 Å². The van der Waals surface area contributed by atoms with E-state index in [0.29, 0.717) is 12.8 Å². The van der Waals surface area contributed by atoms with Gasteiger partial charge in [-0.1, -0.05) is 26.3 Å². The Kier molecular flexibility index (Phi) is 5.47. The zero-order valence-electron chi connectivity index (χ0n) is 18.6. The van der Waals surface area contributed by atoms with Gasteiger partial charge in [-0.2, -0.15) is 0 Å². The summed E-state index contributed by atoms with van der Waals surface area (Å²) in [7, 11) is 0. The van der Waals surface area contributed by atoms with Gasteiger partial charge in [0.1, 0.15) is 18.3 Å². The number of aliphatic hydroxyl groups is 3. The minimum absolute atomic E-state index is 0.0000651. The second-order valence-electron chi connectivity index (χ2n) is 10.5. The highest BCUT2D eigenvalue weighted by Crippen LogP contribution is 2.67. The number of esters is 1. The lowest BCUT2D eigenvalue weighted by atomic mass is 9.44. The van der Waals surface area contributed by atoms with Gasteiger partial charge < -0.3 is 20.1 Å². The molecule has 0 saturated heterocycles. The molecular weight excluding hydrogens is 400 g/mol. The van der Waals surface area contributed by atoms with E-state index >= 15 is 0 Å². The van der Waals surface area contributed by atoms with Crippen molar-refractivity contribution in [2.75, 3.05) is 6.61 Å². The Labute approximate surface area is 182 Å². The van der Waals surface area contributed by atoms with Crippen LogP contribution in [0.3, 0.4) is 0 Å². The summed E-state index contributed by atoms with van der Waals surface area (Å²) < 4.78 is 5.77. The van der Waals surface area contributed by atoms with Crippen molar-refractivity contribution in [3.8, 4) is 0 Å². The van der Waals surface area contributed by atoms with Crippen molar-refractivity contribution in [3.63, 3.8) is 0 Å². The van der Waals surface area contributed by atoms with E-state index in [2.05, 4.69) is 0 Å². The minimum atomic E-state index is -1.65. The molecule has 4 rings (SSSR count). The summed E-state index contributed by atoms with van der Waals surface area (Å²) >= 11 is 0. The van der Waals surface area contributed by atoms with Gasteiger partial charge in [-0.15, -0.1) is 0 Å². The fourth-order valence-electron chi connectivity index (χ4n) is 7.70. The summed E-state index contributed by atoms with van der Waals surface area (Å²) in [5.41, 5.74) is -2.21. The average Bonchev–Trinajstić information content (AvgIpc) is 2.99. The van der Waals surface area contributed by atoms with E-state index < -0.39 is 41.0 Å². The number of ketones is 2. The summed E-state index contributed by atoms with van der Waals surface area (Å²) in [5, 5.41) is 32.2. The van der Waals surface area contributed by atoms with Crippen molar-refractivity contribution in [3.05, 3.63) is 11.6 Å². The summed E-state index contributed by atoms with van der Waals surface area (Å²) in [4.78, 5) is 37.1. The Hall–Kier alpha value is -1.57. The highest BCUT2D eigenvalue weighted by Gasteiger charge is 2.69. The number of fused-ring (bicyclic) bond motifs is 5. The van der Waals surface area contributed by atoms with Crippen molar-refractivity contribution in [2.45, 2.75) is 83.5 Å². The predicted octanol–water partition coefficient (Wildman–Crippen LogP) is 1.71. The van der Waals surface area contributed by atoms with Crippen LogP contribution in [0.5, 0.6) is 0 Å². The van der Waals surface area contributed by atoms with Crippen molar-refractivity contribution in [1.82, 2.24) is 0 Å². The standard InChI is InChI=1S/C24H34O7/c1-4-20(29)31-19-10-14(26)9-13-5-6-15-16-7-8-24(30,18(28)12-25)22(16,2)11-17(27)21(15)23(13,19)3/h9,15-17,19,21,25,27,30H,4-8,10-12H2,1-3H3/t15-,16-,17-,19?,21+,22-,23+,24-/m0/s1. The van der Waals surface area contributed by atoms with Gasteiger partial charge in [0.2, 0.25) is 0 Å². The lowest BCUT2D eigenvalue weighted by Crippen LogP contribution is -2.64. The third-order valence-corrected chi connectivity index (χ3v) is 9.30. The molecule has 4 aliphatic rings. The molecule has 0 bridgehead atoms. The molecule has 0 aromatic heterocycles. The van der Waals surface area contributed by atoms with E-state index in [1.54, 1.807) is 13.0 Å². The van der Waals surface area contributed by atoms with Crippen molar-refractivity contribution in [1.29, 1.82) is 0 Å². The number of carbonyl (C=O) groups excluding carboxylic acids is 3. The molecule has 0 aliphatic heterocycles. The smallest absolute Gasteiger partial charge is 0.305 e. The molecule has 7 heteroatoms. The van der Waals surface area contributed by atoms with E-state index in [0.717, 1.165) is 12.0 Å². The molecule has 3 N–H and O–H groups in total. The first-order valence-electron chi connectivity index (χ1n) is 11.5. The number of hydrogen-bond donors (Lipinski definition) is 3. The first kappa shape index (κ1) is 22.6. The Morgan fingerprint density at radius 3 is 2.61 bits per heavy atom. The maximum atomic E-state index is 12.5. The van der Waals surface area contributed by atoms with E-state index in [1.165, 1.54) is 0 Å². The second-order valence-corrected chi connectivity index (χ2v) is 10.5. The van der Waals surface area contributed by atoms with Gasteiger partial charge in [-0.25, -0.2) is 0 Å². The van der Waals surface area contributed by atoms with Crippen LogP contribution in [0.2, 0.25) is 0 Å². The molecule has 0 aromatic carbocycles. The minimum Gasteiger partial charge on any atom is -0.461 e. The van der Waals surface area contributed by atoms with Gasteiger partial charge >= 0.3 is 5.97 Å². The maximum Gasteiger partial charge on any atom is 0.305 e. The molecule has 0 radical (unpaired) electrons. The zero-order chi connectivity index (χ0) is 22.8. The third kappa shape index (κ3) is 3.00. The number of aliphatic hydroxyl groups excluding tert-OH is 2. The molecule has 0 spiro atoms. The molecule has 0 heterocycles. The van der Waals surface area contributed by atoms with Crippen LogP contribution in [0, 0.1) is 28.6 Å². The molecule has 172 valence electrons. The summed E-state index contributed by atoms with van der Waals surface area (Å²) in [5.74, 6) is -1.21. The SMILES string of the molecule is CCC(=O)OC1CC(=O)C=C2CC[C@@H]3[C@H]([C@@H](O)C[C@@]4(C)[C@H]3CC[C@]4(O)C(=O)CO)[C@]21C. The lowest BCUT2D eigenvalue weighted by molar-refractivity contribution is -0.197. The maximum absolute atomic E-state index is 12.5. The number of rotatable bonds is 4. The molecule has 0 aromatic rings. The Bertz CT molecular complexity index is 834. The van der Waals surface area contributed by atoms with Crippen LogP contribution >= 0.6 is 0 Å². The van der Waals surface area contributed by atoms with Gasteiger partial charge in [0.05, 0.1) is 6.10 Å². The highest BCUT2D eigenvalue weighted by atomic mass is 16.5. The van der Waals surface area contributed by atoms with Crippen LogP contribution in [0.1, 0.15) is 65.7 Å². The summed E-state index contributed by atoms with van der Waals surface area (Å²) in [6.45, 7) is 4.87. The molecule has 4 aliphatic carbocycles. The third-order valence-electron chi connectivity index (χ3n) is 9.30. The van der Waals surface area contributed by atoms with Crippen LogP contribution in [0.15, 0.2) is 11.6 Å². The quantitative estimate of drug-likeness (QED) is 0.576. The number of ether oxygens (including phenoxy) is 1. The first-order valence-corrected chi connectivity index (χ1v) is 11.5. The summed E-state index contributed by atoms with van der Waals surface area (Å²) in [6.07, 6.45) is 3.09. The fourth-order valence-corrected chi connectivity index (χ4v) is 7.70. The fraction of sp³-hybridized carbons (Fsp3) is 0.792. The van der Waals surface area contributed by atoms with E-state index in [-0.39, 0.29) is 55.2 Å². The van der Waals surface area contributed by atoms with E-state index in [4.69, 9.17) is 4.74 Å². The van der Waals surface area contributed by atoms with E-state index in [1.807, 2.05) is 13.8 Å². The first-order chi connectivity index (χ1) is 14.5.